The van der Waals surface area contributed by atoms with Gasteiger partial charge in [0.1, 0.15) is 12.4 Å². The summed E-state index contributed by atoms with van der Waals surface area (Å²) in [6.07, 6.45) is -1.62. The highest BCUT2D eigenvalue weighted by Crippen LogP contribution is 2.32. The van der Waals surface area contributed by atoms with Gasteiger partial charge in [-0.3, -0.25) is 9.59 Å². The van der Waals surface area contributed by atoms with Crippen LogP contribution in [0.5, 0.6) is 0 Å². The number of halogens is 1. The van der Waals surface area contributed by atoms with E-state index >= 15 is 0 Å². The van der Waals surface area contributed by atoms with Gasteiger partial charge in [0.2, 0.25) is 0 Å². The van der Waals surface area contributed by atoms with Gasteiger partial charge in [-0.15, -0.1) is 22.9 Å². The third kappa shape index (κ3) is 8.33. The number of hydrogen-bond acceptors (Lipinski definition) is 9. The number of rotatable bonds is 1. The van der Waals surface area contributed by atoms with Crippen LogP contribution < -0.4 is 0 Å². The van der Waals surface area contributed by atoms with Crippen LogP contribution in [-0.2, 0) is 14.3 Å². The van der Waals surface area contributed by atoms with Crippen molar-refractivity contribution in [3.63, 3.8) is 0 Å². The van der Waals surface area contributed by atoms with Gasteiger partial charge in [-0.25, -0.2) is 4.98 Å². The number of ether oxygens (including phenoxy) is 1. The molecule has 10 heteroatoms. The van der Waals surface area contributed by atoms with Crippen LogP contribution in [0.1, 0.15) is 70.5 Å². The van der Waals surface area contributed by atoms with Gasteiger partial charge in [-0.2, -0.15) is 0 Å². The second-order valence-corrected chi connectivity index (χ2v) is 12.1. The van der Waals surface area contributed by atoms with Crippen molar-refractivity contribution in [3.8, 4) is 0 Å². The van der Waals surface area contributed by atoms with Gasteiger partial charge in [0.25, 0.3) is 0 Å². The number of nitrogens with zero attached hydrogens (tertiary/aromatic N) is 1. The maximum Gasteiger partial charge on any atom is 0.308 e. The number of thiazole rings is 1. The minimum Gasteiger partial charge on any atom is -0.461 e. The molecule has 0 bridgehead atoms. The van der Waals surface area contributed by atoms with E-state index in [1.807, 2.05) is 13.8 Å². The van der Waals surface area contributed by atoms with Gasteiger partial charge < -0.3 is 25.2 Å². The van der Waals surface area contributed by atoms with Crippen LogP contribution in [0.3, 0.4) is 0 Å². The summed E-state index contributed by atoms with van der Waals surface area (Å²) >= 11 is 7.84. The number of aliphatic hydroxyl groups excluding tert-OH is 4. The standard InChI is InChI=1S/C26H40ClNO7S/c1-14-7-6-8-19(27)21(30)10-20(29)17(9-18-13-36-16(3)28-18)12-35-23(32)11-22(31)26(4,5)25(34)15(2)24(14)33/h9,13-15,19-22,24,29-31,33H,6-8,10-12H2,1-5H3/b17-9-/t14-,15+,19-,20+,21-,22-,24-/m0/s1. The van der Waals surface area contributed by atoms with E-state index < -0.39 is 53.5 Å². The van der Waals surface area contributed by atoms with Gasteiger partial charge in [0.15, 0.2) is 0 Å². The van der Waals surface area contributed by atoms with E-state index in [9.17, 15) is 30.0 Å². The Hall–Kier alpha value is -1.36. The molecule has 204 valence electrons. The number of Topliss-reactive ketones (excluding diaryl/α,β-unsaturated/α-hetero) is 1. The van der Waals surface area contributed by atoms with E-state index in [0.29, 0.717) is 30.5 Å². The molecule has 0 radical (unpaired) electrons. The first-order valence-electron chi connectivity index (χ1n) is 12.4. The summed E-state index contributed by atoms with van der Waals surface area (Å²) in [4.78, 5) is 30.1. The number of carbonyl (C=O) groups is 2. The summed E-state index contributed by atoms with van der Waals surface area (Å²) in [5.74, 6) is -2.05. The lowest BCUT2D eigenvalue weighted by Gasteiger charge is -2.34. The van der Waals surface area contributed by atoms with Gasteiger partial charge in [-0.05, 0) is 37.3 Å². The van der Waals surface area contributed by atoms with Crippen molar-refractivity contribution in [1.29, 1.82) is 0 Å². The average molecular weight is 546 g/mol. The Morgan fingerprint density at radius 1 is 1.17 bits per heavy atom. The number of aryl methyl sites for hydroxylation is 1. The van der Waals surface area contributed by atoms with Gasteiger partial charge >= 0.3 is 5.97 Å². The zero-order chi connectivity index (χ0) is 27.2. The Kier molecular flexibility index (Phi) is 11.5. The zero-order valence-electron chi connectivity index (χ0n) is 21.7. The Morgan fingerprint density at radius 3 is 2.44 bits per heavy atom. The van der Waals surface area contributed by atoms with Crippen molar-refractivity contribution in [2.24, 2.45) is 17.3 Å². The summed E-state index contributed by atoms with van der Waals surface area (Å²) in [6, 6.07) is 0. The molecular weight excluding hydrogens is 506 g/mol. The molecule has 1 fully saturated rings. The number of aromatic nitrogens is 1. The smallest absolute Gasteiger partial charge is 0.308 e. The minimum absolute atomic E-state index is 0.0555. The van der Waals surface area contributed by atoms with E-state index in [2.05, 4.69) is 4.98 Å². The lowest BCUT2D eigenvalue weighted by atomic mass is 9.73. The molecule has 2 rings (SSSR count). The fourth-order valence-corrected chi connectivity index (χ4v) is 5.26. The number of alkyl halides is 1. The SMILES string of the molecule is Cc1nc(/C=C2/COC(=O)C[C@H](O)C(C)(C)C(=O)[C@H](C)[C@@H](O)[C@@H](C)CCC[C@H](Cl)[C@@H](O)C[C@H]2O)cs1. The molecule has 2 heterocycles. The van der Waals surface area contributed by atoms with Crippen LogP contribution in [0.15, 0.2) is 11.0 Å². The highest BCUT2D eigenvalue weighted by atomic mass is 35.5. The molecule has 0 saturated carbocycles. The normalized spacial score (nSPS) is 35.2. The van der Waals surface area contributed by atoms with Crippen molar-refractivity contribution in [3.05, 3.63) is 21.7 Å². The van der Waals surface area contributed by atoms with Crippen molar-refractivity contribution >= 4 is 40.8 Å². The molecule has 1 saturated heterocycles. The van der Waals surface area contributed by atoms with Crippen molar-refractivity contribution in [2.45, 2.75) is 96.5 Å². The molecule has 1 aliphatic rings. The molecule has 36 heavy (non-hydrogen) atoms. The fraction of sp³-hybridized carbons (Fsp3) is 0.731. The van der Waals surface area contributed by atoms with Crippen LogP contribution >= 0.6 is 22.9 Å². The van der Waals surface area contributed by atoms with Crippen molar-refractivity contribution in [2.75, 3.05) is 6.61 Å². The fourth-order valence-electron chi connectivity index (χ4n) is 4.43. The highest BCUT2D eigenvalue weighted by molar-refractivity contribution is 7.09. The molecule has 0 aromatic carbocycles. The second kappa shape index (κ2) is 13.4. The molecule has 7 atom stereocenters. The number of esters is 1. The van der Waals surface area contributed by atoms with Crippen LogP contribution in [0.2, 0.25) is 0 Å². The molecular formula is C26H40ClNO7S. The highest BCUT2D eigenvalue weighted by Gasteiger charge is 2.42. The lowest BCUT2D eigenvalue weighted by Crippen LogP contribution is -2.45. The molecule has 0 aliphatic carbocycles. The van der Waals surface area contributed by atoms with E-state index in [4.69, 9.17) is 16.3 Å². The third-order valence-corrected chi connectivity index (χ3v) is 8.46. The molecule has 0 spiro atoms. The summed E-state index contributed by atoms with van der Waals surface area (Å²) in [5, 5.41) is 45.0. The third-order valence-electron chi connectivity index (χ3n) is 7.16. The van der Waals surface area contributed by atoms with Crippen LogP contribution in [0.4, 0.5) is 0 Å². The summed E-state index contributed by atoms with van der Waals surface area (Å²) < 4.78 is 5.35. The monoisotopic (exact) mass is 545 g/mol. The predicted molar refractivity (Wildman–Crippen MR) is 140 cm³/mol. The molecule has 8 nitrogen and oxygen atoms in total. The zero-order valence-corrected chi connectivity index (χ0v) is 23.3. The lowest BCUT2D eigenvalue weighted by molar-refractivity contribution is -0.151. The molecule has 1 aromatic rings. The minimum atomic E-state index is -1.32. The second-order valence-electron chi connectivity index (χ2n) is 10.5. The summed E-state index contributed by atoms with van der Waals surface area (Å²) in [7, 11) is 0. The first kappa shape index (κ1) is 30.9. The Morgan fingerprint density at radius 2 is 1.83 bits per heavy atom. The molecule has 0 amide bonds. The van der Waals surface area contributed by atoms with Crippen LogP contribution in [-0.4, -0.2) is 73.6 Å². The van der Waals surface area contributed by atoms with E-state index in [1.54, 1.807) is 32.2 Å². The topological polar surface area (TPSA) is 137 Å². The summed E-state index contributed by atoms with van der Waals surface area (Å²) in [5.41, 5.74) is -0.352. The quantitative estimate of drug-likeness (QED) is 0.312. The molecule has 4 N–H and O–H groups in total. The first-order chi connectivity index (χ1) is 16.7. The largest absolute Gasteiger partial charge is 0.461 e. The maximum atomic E-state index is 13.2. The molecule has 1 aliphatic heterocycles. The van der Waals surface area contributed by atoms with Crippen LogP contribution in [0.25, 0.3) is 6.08 Å². The first-order valence-corrected chi connectivity index (χ1v) is 13.7. The molecule has 1 aromatic heterocycles. The van der Waals surface area contributed by atoms with Gasteiger partial charge in [0, 0.05) is 17.7 Å². The number of hydrogen-bond donors (Lipinski definition) is 4. The average Bonchev–Trinajstić information content (AvgIpc) is 3.23. The van der Waals surface area contributed by atoms with Crippen LogP contribution in [0, 0.1) is 24.2 Å². The number of carbonyl (C=O) groups excluding carboxylic acids is 2. The summed E-state index contributed by atoms with van der Waals surface area (Å²) in [6.45, 7) is 8.15. The maximum absolute atomic E-state index is 13.2. The number of ketones is 1. The van der Waals surface area contributed by atoms with Crippen molar-refractivity contribution in [1.82, 2.24) is 4.98 Å². The van der Waals surface area contributed by atoms with E-state index in [-0.39, 0.29) is 24.7 Å². The predicted octanol–water partition coefficient (Wildman–Crippen LogP) is 3.26. The Bertz CT molecular complexity index is 918. The number of cyclic esters (lactones) is 1. The van der Waals surface area contributed by atoms with E-state index in [0.717, 1.165) is 5.01 Å². The number of aliphatic hydroxyl groups is 4. The van der Waals surface area contributed by atoms with Gasteiger partial charge in [-0.1, -0.05) is 34.1 Å². The Balaban J connectivity index is 2.31. The molecule has 0 unspecified atom stereocenters. The Labute approximate surface area is 222 Å². The van der Waals surface area contributed by atoms with Gasteiger partial charge in [0.05, 0.1) is 52.3 Å². The van der Waals surface area contributed by atoms with Crippen molar-refractivity contribution < 1.29 is 34.8 Å². The van der Waals surface area contributed by atoms with E-state index in [1.165, 1.54) is 11.3 Å².